The molecule has 156 valence electrons. The molecule has 4 heterocycles. The van der Waals surface area contributed by atoms with E-state index < -0.39 is 0 Å². The maximum absolute atomic E-state index is 9.42. The van der Waals surface area contributed by atoms with Crippen molar-refractivity contribution in [2.75, 3.05) is 6.54 Å². The SMILES string of the molecule is C=NC[C@H]1C[C@](CC#N)(n2cc(-c3nc(-c4cnn(C)c4)cn4ncc(C)c34)cn2)C1. The summed E-state index contributed by atoms with van der Waals surface area (Å²) in [6, 6.07) is 2.34. The lowest BCUT2D eigenvalue weighted by molar-refractivity contribution is 0.0627. The molecule has 9 nitrogen and oxygen atoms in total. The minimum absolute atomic E-state index is 0.283. The fraction of sp³-hybridized carbons (Fsp3) is 0.364. The highest BCUT2D eigenvalue weighted by molar-refractivity contribution is 5.80. The molecule has 1 fully saturated rings. The first-order valence-electron chi connectivity index (χ1n) is 10.2. The summed E-state index contributed by atoms with van der Waals surface area (Å²) in [5.41, 5.74) is 5.14. The van der Waals surface area contributed by atoms with E-state index in [1.807, 2.05) is 54.2 Å². The second-order valence-corrected chi connectivity index (χ2v) is 8.41. The third-order valence-electron chi connectivity index (χ3n) is 6.15. The largest absolute Gasteiger partial charge is 0.301 e. The fourth-order valence-electron chi connectivity index (χ4n) is 4.64. The van der Waals surface area contributed by atoms with Crippen molar-refractivity contribution in [3.8, 4) is 28.6 Å². The summed E-state index contributed by atoms with van der Waals surface area (Å²) in [5.74, 6) is 0.453. The monoisotopic (exact) mass is 413 g/mol. The molecule has 0 aromatic carbocycles. The Morgan fingerprint density at radius 1 is 1.16 bits per heavy atom. The number of nitriles is 1. The Hall–Kier alpha value is -3.80. The van der Waals surface area contributed by atoms with Crippen LogP contribution in [0.4, 0.5) is 0 Å². The van der Waals surface area contributed by atoms with E-state index in [0.717, 1.165) is 53.0 Å². The quantitative estimate of drug-likeness (QED) is 0.452. The fourth-order valence-corrected chi connectivity index (χ4v) is 4.64. The molecule has 0 radical (unpaired) electrons. The third-order valence-corrected chi connectivity index (χ3v) is 6.15. The molecule has 5 rings (SSSR count). The van der Waals surface area contributed by atoms with E-state index in [9.17, 15) is 5.26 Å². The van der Waals surface area contributed by atoms with Crippen molar-refractivity contribution in [3.63, 3.8) is 0 Å². The number of nitrogens with zero attached hydrogens (tertiary/aromatic N) is 9. The molecular weight excluding hydrogens is 390 g/mol. The molecular formula is C22H23N9. The van der Waals surface area contributed by atoms with Gasteiger partial charge in [0.05, 0.1) is 54.0 Å². The highest BCUT2D eigenvalue weighted by Crippen LogP contribution is 2.46. The van der Waals surface area contributed by atoms with Crippen LogP contribution in [-0.4, -0.2) is 47.4 Å². The maximum Gasteiger partial charge on any atom is 0.100 e. The number of aliphatic imine (C=N–C) groups is 1. The second kappa shape index (κ2) is 7.16. The minimum Gasteiger partial charge on any atom is -0.301 e. The highest BCUT2D eigenvalue weighted by atomic mass is 15.3. The predicted octanol–water partition coefficient (Wildman–Crippen LogP) is 3.02. The smallest absolute Gasteiger partial charge is 0.100 e. The number of rotatable bonds is 6. The van der Waals surface area contributed by atoms with Gasteiger partial charge in [0.15, 0.2) is 0 Å². The van der Waals surface area contributed by atoms with Crippen LogP contribution in [0.5, 0.6) is 0 Å². The minimum atomic E-state index is -0.283. The van der Waals surface area contributed by atoms with E-state index in [-0.39, 0.29) is 5.54 Å². The van der Waals surface area contributed by atoms with Crippen LogP contribution >= 0.6 is 0 Å². The van der Waals surface area contributed by atoms with E-state index in [0.29, 0.717) is 12.3 Å². The van der Waals surface area contributed by atoms with Gasteiger partial charge in [0, 0.05) is 37.1 Å². The van der Waals surface area contributed by atoms with Crippen LogP contribution in [0, 0.1) is 24.2 Å². The van der Waals surface area contributed by atoms with Crippen LogP contribution in [0.2, 0.25) is 0 Å². The lowest BCUT2D eigenvalue weighted by Gasteiger charge is -2.46. The summed E-state index contributed by atoms with van der Waals surface area (Å²) in [6.07, 6.45) is 13.5. The lowest BCUT2D eigenvalue weighted by atomic mass is 9.67. The van der Waals surface area contributed by atoms with Crippen LogP contribution in [0.15, 0.2) is 42.2 Å². The molecule has 4 aromatic rings. The van der Waals surface area contributed by atoms with Gasteiger partial charge in [-0.05, 0) is 38.0 Å². The first kappa shape index (κ1) is 19.2. The molecule has 0 aliphatic heterocycles. The second-order valence-electron chi connectivity index (χ2n) is 8.41. The Bertz CT molecular complexity index is 1310. The van der Waals surface area contributed by atoms with E-state index in [1.165, 1.54) is 0 Å². The standard InChI is InChI=1S/C22H23N9/c1-15-8-26-30-14-19(17-10-25-29(3)12-17)28-20(21(15)30)18-11-27-31(13-18)22(4-5-23)6-16(7-22)9-24-2/h8,10-14,16H,2,4,6-7,9H2,1,3H3/t16-,22-. The van der Waals surface area contributed by atoms with E-state index in [4.69, 9.17) is 4.98 Å². The van der Waals surface area contributed by atoms with Crippen molar-refractivity contribution in [1.82, 2.24) is 34.2 Å². The molecule has 0 spiro atoms. The van der Waals surface area contributed by atoms with Crippen molar-refractivity contribution in [1.29, 1.82) is 5.26 Å². The zero-order valence-electron chi connectivity index (χ0n) is 17.6. The van der Waals surface area contributed by atoms with Crippen LogP contribution in [0.25, 0.3) is 28.0 Å². The van der Waals surface area contributed by atoms with Gasteiger partial charge < -0.3 is 4.99 Å². The number of hydrogen-bond donors (Lipinski definition) is 0. The van der Waals surface area contributed by atoms with Gasteiger partial charge >= 0.3 is 0 Å². The van der Waals surface area contributed by atoms with E-state index in [2.05, 4.69) is 33.1 Å². The molecule has 1 saturated carbocycles. The van der Waals surface area contributed by atoms with Gasteiger partial charge in [-0.2, -0.15) is 20.6 Å². The van der Waals surface area contributed by atoms with Crippen molar-refractivity contribution in [2.24, 2.45) is 18.0 Å². The first-order valence-corrected chi connectivity index (χ1v) is 10.2. The Kier molecular flexibility index (Phi) is 4.43. The lowest BCUT2D eigenvalue weighted by Crippen LogP contribution is -2.47. The summed E-state index contributed by atoms with van der Waals surface area (Å²) in [5, 5.41) is 22.9. The molecule has 4 aromatic heterocycles. The van der Waals surface area contributed by atoms with Crippen molar-refractivity contribution < 1.29 is 0 Å². The van der Waals surface area contributed by atoms with Crippen LogP contribution < -0.4 is 0 Å². The summed E-state index contributed by atoms with van der Waals surface area (Å²) in [6.45, 7) is 6.35. The summed E-state index contributed by atoms with van der Waals surface area (Å²) in [4.78, 5) is 8.98. The van der Waals surface area contributed by atoms with Crippen molar-refractivity contribution in [3.05, 3.63) is 42.7 Å². The number of aryl methyl sites for hydroxylation is 2. The number of fused-ring (bicyclic) bond motifs is 1. The van der Waals surface area contributed by atoms with Gasteiger partial charge in [-0.15, -0.1) is 0 Å². The average molecular weight is 413 g/mol. The first-order chi connectivity index (χ1) is 15.0. The summed E-state index contributed by atoms with van der Waals surface area (Å²) in [7, 11) is 1.88. The molecule has 0 saturated heterocycles. The zero-order chi connectivity index (χ0) is 21.6. The van der Waals surface area contributed by atoms with Crippen LogP contribution in [-0.2, 0) is 12.6 Å². The van der Waals surface area contributed by atoms with Gasteiger partial charge in [0.1, 0.15) is 5.69 Å². The van der Waals surface area contributed by atoms with Gasteiger partial charge in [-0.3, -0.25) is 9.36 Å². The molecule has 0 unspecified atom stereocenters. The molecule has 1 aliphatic carbocycles. The summed E-state index contributed by atoms with van der Waals surface area (Å²) >= 11 is 0. The molecule has 0 atom stereocenters. The Morgan fingerprint density at radius 3 is 2.68 bits per heavy atom. The third kappa shape index (κ3) is 3.11. The van der Waals surface area contributed by atoms with Gasteiger partial charge in [-0.25, -0.2) is 9.50 Å². The molecule has 9 heteroatoms. The van der Waals surface area contributed by atoms with Crippen LogP contribution in [0.3, 0.4) is 0 Å². The average Bonchev–Trinajstić information content (AvgIpc) is 3.46. The topological polar surface area (TPSA) is 102 Å². The van der Waals surface area contributed by atoms with Gasteiger partial charge in [-0.1, -0.05) is 0 Å². The molecule has 1 aliphatic rings. The molecule has 31 heavy (non-hydrogen) atoms. The van der Waals surface area contributed by atoms with Crippen molar-refractivity contribution >= 4 is 12.2 Å². The van der Waals surface area contributed by atoms with Crippen LogP contribution in [0.1, 0.15) is 24.8 Å². The van der Waals surface area contributed by atoms with E-state index >= 15 is 0 Å². The van der Waals surface area contributed by atoms with Crippen molar-refractivity contribution in [2.45, 2.75) is 31.7 Å². The molecule has 0 amide bonds. The number of aromatic nitrogens is 7. The Balaban J connectivity index is 1.59. The maximum atomic E-state index is 9.42. The molecule has 0 N–H and O–H groups in total. The van der Waals surface area contributed by atoms with E-state index in [1.54, 1.807) is 10.9 Å². The normalized spacial score (nSPS) is 20.5. The summed E-state index contributed by atoms with van der Waals surface area (Å²) < 4.78 is 5.56. The number of hydrogen-bond acceptors (Lipinski definition) is 6. The Morgan fingerprint density at radius 2 is 1.97 bits per heavy atom. The Labute approximate surface area is 179 Å². The predicted molar refractivity (Wildman–Crippen MR) is 116 cm³/mol. The van der Waals surface area contributed by atoms with Gasteiger partial charge in [0.25, 0.3) is 0 Å². The zero-order valence-corrected chi connectivity index (χ0v) is 17.6. The molecule has 0 bridgehead atoms. The van der Waals surface area contributed by atoms with Gasteiger partial charge in [0.2, 0.25) is 0 Å². The highest BCUT2D eigenvalue weighted by Gasteiger charge is 2.46.